The number of anilines is 2. The summed E-state index contributed by atoms with van der Waals surface area (Å²) in [5, 5.41) is 2.69. The molecule has 0 radical (unpaired) electrons. The number of carbonyl (C=O) groups is 2. The van der Waals surface area contributed by atoms with Gasteiger partial charge in [0.15, 0.2) is 0 Å². The molecule has 210 valence electrons. The molecule has 2 aromatic rings. The topological polar surface area (TPSA) is 138 Å². The maximum Gasteiger partial charge on any atom is 0.337 e. The minimum Gasteiger partial charge on any atom is -0.465 e. The fraction of sp³-hybridized carbons (Fsp3) is 0.440. The van der Waals surface area contributed by atoms with Gasteiger partial charge in [-0.1, -0.05) is 6.07 Å². The molecule has 0 unspecified atom stereocenters. The molecule has 1 amide bonds. The molecule has 0 saturated heterocycles. The van der Waals surface area contributed by atoms with E-state index < -0.39 is 16.0 Å². The maximum absolute atomic E-state index is 12.7. The zero-order valence-corrected chi connectivity index (χ0v) is 22.9. The molecule has 38 heavy (non-hydrogen) atoms. The van der Waals surface area contributed by atoms with Gasteiger partial charge in [-0.25, -0.2) is 13.2 Å². The van der Waals surface area contributed by atoms with Crippen LogP contribution in [0.3, 0.4) is 0 Å². The Morgan fingerprint density at radius 3 is 1.95 bits per heavy atom. The molecule has 2 N–H and O–H groups in total. The lowest BCUT2D eigenvalue weighted by molar-refractivity contribution is -0.117. The van der Waals surface area contributed by atoms with Gasteiger partial charge >= 0.3 is 5.97 Å². The van der Waals surface area contributed by atoms with E-state index in [1.165, 1.54) is 49.6 Å². The summed E-state index contributed by atoms with van der Waals surface area (Å²) >= 11 is 4.04. The van der Waals surface area contributed by atoms with Crippen LogP contribution in [0.15, 0.2) is 53.4 Å². The highest BCUT2D eigenvalue weighted by Crippen LogP contribution is 2.19. The summed E-state index contributed by atoms with van der Waals surface area (Å²) in [4.78, 5) is 23.8. The van der Waals surface area contributed by atoms with E-state index in [0.717, 1.165) is 0 Å². The normalized spacial score (nSPS) is 11.2. The molecule has 0 bridgehead atoms. The number of amides is 1. The van der Waals surface area contributed by atoms with Crippen molar-refractivity contribution in [2.75, 3.05) is 75.8 Å². The van der Waals surface area contributed by atoms with Crippen molar-refractivity contribution < 1.29 is 41.7 Å². The van der Waals surface area contributed by atoms with E-state index >= 15 is 0 Å². The Kier molecular flexibility index (Phi) is 14.7. The van der Waals surface area contributed by atoms with Gasteiger partial charge in [0.05, 0.1) is 76.8 Å². The first kappa shape index (κ1) is 31.5. The number of thiol groups is 1. The molecule has 11 nitrogen and oxygen atoms in total. The quantitative estimate of drug-likeness (QED) is 0.132. The number of hydrogen-bond acceptors (Lipinski definition) is 10. The highest BCUT2D eigenvalue weighted by molar-refractivity contribution is 7.92. The second-order valence-corrected chi connectivity index (χ2v) is 9.80. The van der Waals surface area contributed by atoms with Crippen molar-refractivity contribution in [2.45, 2.75) is 11.3 Å². The molecule has 0 aromatic heterocycles. The summed E-state index contributed by atoms with van der Waals surface area (Å²) in [6.45, 7) is 3.49. The highest BCUT2D eigenvalue weighted by atomic mass is 32.2. The molecule has 2 rings (SSSR count). The first-order chi connectivity index (χ1) is 18.4. The summed E-state index contributed by atoms with van der Waals surface area (Å²) in [5.41, 5.74) is 0.880. The molecule has 0 aliphatic rings. The summed E-state index contributed by atoms with van der Waals surface area (Å²) in [6, 6.07) is 11.7. The zero-order valence-electron chi connectivity index (χ0n) is 21.2. The van der Waals surface area contributed by atoms with Gasteiger partial charge in [0.25, 0.3) is 10.0 Å². The lowest BCUT2D eigenvalue weighted by Crippen LogP contribution is -2.16. The average molecular weight is 571 g/mol. The van der Waals surface area contributed by atoms with Crippen molar-refractivity contribution in [3.63, 3.8) is 0 Å². The molecule has 0 heterocycles. The number of rotatable bonds is 19. The van der Waals surface area contributed by atoms with Crippen LogP contribution in [0.1, 0.15) is 16.8 Å². The van der Waals surface area contributed by atoms with Crippen molar-refractivity contribution in [3.05, 3.63) is 54.1 Å². The summed E-state index contributed by atoms with van der Waals surface area (Å²) in [5.74, 6) is -0.165. The Bertz CT molecular complexity index is 1100. The summed E-state index contributed by atoms with van der Waals surface area (Å²) in [6.07, 6.45) is 0.132. The fourth-order valence-corrected chi connectivity index (χ4v) is 4.15. The van der Waals surface area contributed by atoms with Crippen molar-refractivity contribution >= 4 is 45.9 Å². The first-order valence-electron chi connectivity index (χ1n) is 11.9. The lowest BCUT2D eigenvalue weighted by atomic mass is 10.2. The third-order valence-electron chi connectivity index (χ3n) is 4.81. The van der Waals surface area contributed by atoms with Crippen LogP contribution in [0, 0.1) is 0 Å². The Balaban J connectivity index is 1.64. The molecule has 2 aromatic carbocycles. The number of esters is 1. The van der Waals surface area contributed by atoms with Crippen molar-refractivity contribution in [1.29, 1.82) is 0 Å². The third-order valence-corrected chi connectivity index (χ3v) is 6.39. The van der Waals surface area contributed by atoms with Gasteiger partial charge in [0, 0.05) is 17.1 Å². The molecular weight excluding hydrogens is 536 g/mol. The zero-order chi connectivity index (χ0) is 27.6. The van der Waals surface area contributed by atoms with E-state index in [2.05, 4.69) is 27.4 Å². The number of benzene rings is 2. The van der Waals surface area contributed by atoms with Crippen LogP contribution in [-0.4, -0.2) is 86.0 Å². The molecule has 0 atom stereocenters. The van der Waals surface area contributed by atoms with Crippen LogP contribution < -0.4 is 10.0 Å². The predicted molar refractivity (Wildman–Crippen MR) is 145 cm³/mol. The van der Waals surface area contributed by atoms with Crippen LogP contribution in [0.25, 0.3) is 0 Å². The van der Waals surface area contributed by atoms with Crippen LogP contribution in [-0.2, 0) is 38.5 Å². The molecular formula is C25H34N2O9S2. The number of methoxy groups -OCH3 is 1. The van der Waals surface area contributed by atoms with Gasteiger partial charge in [-0.05, 0) is 42.5 Å². The molecule has 0 spiro atoms. The molecule has 0 aliphatic carbocycles. The Labute approximate surface area is 228 Å². The van der Waals surface area contributed by atoms with E-state index in [1.807, 2.05) is 0 Å². The smallest absolute Gasteiger partial charge is 0.337 e. The van der Waals surface area contributed by atoms with Gasteiger partial charge in [0.2, 0.25) is 5.91 Å². The third kappa shape index (κ3) is 12.2. The maximum atomic E-state index is 12.7. The van der Waals surface area contributed by atoms with Gasteiger partial charge in [-0.3, -0.25) is 9.52 Å². The fourth-order valence-electron chi connectivity index (χ4n) is 2.97. The number of carbonyl (C=O) groups excluding carboxylic acids is 2. The minimum atomic E-state index is -3.91. The SMILES string of the molecule is COC(=O)c1cccc(NS(=O)(=O)c2ccc(NC(=O)CCOCCOCCOCCOCCS)cc2)c1. The second kappa shape index (κ2) is 17.8. The second-order valence-electron chi connectivity index (χ2n) is 7.67. The number of sulfonamides is 1. The van der Waals surface area contributed by atoms with E-state index in [-0.39, 0.29) is 35.1 Å². The van der Waals surface area contributed by atoms with Crippen LogP contribution in [0.4, 0.5) is 11.4 Å². The van der Waals surface area contributed by atoms with Gasteiger partial charge < -0.3 is 29.0 Å². The molecule has 0 aliphatic heterocycles. The number of nitrogens with one attached hydrogen (secondary N) is 2. The van der Waals surface area contributed by atoms with E-state index in [9.17, 15) is 18.0 Å². The van der Waals surface area contributed by atoms with E-state index in [0.29, 0.717) is 57.7 Å². The molecule has 13 heteroatoms. The predicted octanol–water partition coefficient (Wildman–Crippen LogP) is 2.60. The van der Waals surface area contributed by atoms with Crippen LogP contribution >= 0.6 is 12.6 Å². The molecule has 0 saturated carbocycles. The van der Waals surface area contributed by atoms with Gasteiger partial charge in [0.1, 0.15) is 0 Å². The van der Waals surface area contributed by atoms with Crippen molar-refractivity contribution in [2.24, 2.45) is 0 Å². The summed E-state index contributed by atoms with van der Waals surface area (Å²) in [7, 11) is -2.66. The monoisotopic (exact) mass is 570 g/mol. The number of hydrogen-bond donors (Lipinski definition) is 3. The highest BCUT2D eigenvalue weighted by Gasteiger charge is 2.16. The van der Waals surface area contributed by atoms with Crippen LogP contribution in [0.5, 0.6) is 0 Å². The Morgan fingerprint density at radius 1 is 0.789 bits per heavy atom. The Hall–Kier alpha value is -2.68. The first-order valence-corrected chi connectivity index (χ1v) is 14.0. The summed E-state index contributed by atoms with van der Waals surface area (Å²) < 4.78 is 53.8. The van der Waals surface area contributed by atoms with Crippen LogP contribution in [0.2, 0.25) is 0 Å². The van der Waals surface area contributed by atoms with E-state index in [1.54, 1.807) is 6.07 Å². The largest absolute Gasteiger partial charge is 0.465 e. The minimum absolute atomic E-state index is 0.00506. The Morgan fingerprint density at radius 2 is 1.37 bits per heavy atom. The van der Waals surface area contributed by atoms with E-state index in [4.69, 9.17) is 18.9 Å². The molecule has 0 fully saturated rings. The average Bonchev–Trinajstić information content (AvgIpc) is 2.91. The van der Waals surface area contributed by atoms with Crippen molar-refractivity contribution in [1.82, 2.24) is 0 Å². The van der Waals surface area contributed by atoms with Gasteiger partial charge in [-0.2, -0.15) is 12.6 Å². The van der Waals surface area contributed by atoms with Crippen molar-refractivity contribution in [3.8, 4) is 0 Å². The standard InChI is InChI=1S/C25H34N2O9S2/c1-32-25(29)20-3-2-4-22(19-20)27-38(30,31)23-7-5-21(6-8-23)26-24(28)9-10-33-11-12-34-13-14-35-15-16-36-17-18-37/h2-8,19,27,37H,9-18H2,1H3,(H,26,28). The lowest BCUT2D eigenvalue weighted by Gasteiger charge is -2.10. The van der Waals surface area contributed by atoms with Gasteiger partial charge in [-0.15, -0.1) is 0 Å². The number of ether oxygens (including phenoxy) is 5.